The van der Waals surface area contributed by atoms with Crippen molar-refractivity contribution in [2.45, 2.75) is 6.61 Å². The molecule has 7 heteroatoms. The Labute approximate surface area is 160 Å². The summed E-state index contributed by atoms with van der Waals surface area (Å²) in [6.07, 6.45) is 1.31. The number of furan rings is 1. The normalized spacial score (nSPS) is 10.2. The fraction of sp³-hybridized carbons (Fsp3) is 0.0952. The van der Waals surface area contributed by atoms with Gasteiger partial charge in [-0.2, -0.15) is 0 Å². The molecule has 3 rings (SSSR count). The third-order valence-corrected chi connectivity index (χ3v) is 3.91. The summed E-state index contributed by atoms with van der Waals surface area (Å²) in [6.45, 7) is -0.180. The van der Waals surface area contributed by atoms with Gasteiger partial charge in [-0.15, -0.1) is 0 Å². The Balaban J connectivity index is 1.72. The molecule has 1 aromatic heterocycles. The topological polar surface area (TPSA) is 94.8 Å². The molecular weight excluding hydrogens is 362 g/mol. The van der Waals surface area contributed by atoms with Gasteiger partial charge < -0.3 is 19.2 Å². The monoisotopic (exact) mass is 379 g/mol. The van der Waals surface area contributed by atoms with Crippen molar-refractivity contribution in [1.29, 1.82) is 0 Å². The summed E-state index contributed by atoms with van der Waals surface area (Å²) < 4.78 is 14.9. The van der Waals surface area contributed by atoms with Crippen LogP contribution in [0.5, 0.6) is 0 Å². The van der Waals surface area contributed by atoms with E-state index in [4.69, 9.17) is 9.15 Å². The smallest absolute Gasteiger partial charge is 0.374 e. The van der Waals surface area contributed by atoms with Gasteiger partial charge in [-0.25, -0.2) is 9.59 Å². The van der Waals surface area contributed by atoms with Crippen LogP contribution in [0.15, 0.2) is 71.3 Å². The van der Waals surface area contributed by atoms with Crippen LogP contribution in [0.3, 0.4) is 0 Å². The molecule has 1 heterocycles. The van der Waals surface area contributed by atoms with Gasteiger partial charge in [0.25, 0.3) is 5.91 Å². The largest absolute Gasteiger partial charge is 0.463 e. The van der Waals surface area contributed by atoms with Crippen LogP contribution in [-0.4, -0.2) is 25.0 Å². The lowest BCUT2D eigenvalue weighted by Crippen LogP contribution is -2.16. The van der Waals surface area contributed by atoms with Crippen molar-refractivity contribution >= 4 is 23.5 Å². The Morgan fingerprint density at radius 3 is 2.39 bits per heavy atom. The molecule has 2 aromatic carbocycles. The predicted molar refractivity (Wildman–Crippen MR) is 100 cm³/mol. The van der Waals surface area contributed by atoms with E-state index in [1.807, 2.05) is 0 Å². The fourth-order valence-electron chi connectivity index (χ4n) is 2.50. The highest BCUT2D eigenvalue weighted by molar-refractivity contribution is 6.08. The molecule has 0 aliphatic heterocycles. The quantitative estimate of drug-likeness (QED) is 0.657. The van der Waals surface area contributed by atoms with E-state index in [9.17, 15) is 14.4 Å². The molecular formula is C21H17NO6. The molecule has 1 amide bonds. The Bertz CT molecular complexity index is 993. The van der Waals surface area contributed by atoms with Crippen molar-refractivity contribution < 1.29 is 28.3 Å². The van der Waals surface area contributed by atoms with Gasteiger partial charge in [-0.1, -0.05) is 30.3 Å². The van der Waals surface area contributed by atoms with E-state index in [-0.39, 0.29) is 23.8 Å². The van der Waals surface area contributed by atoms with E-state index in [1.165, 1.54) is 19.4 Å². The number of carbonyl (C=O) groups excluding carboxylic acids is 3. The SMILES string of the molecule is COC(=O)c1occc1COC(=O)c1ccccc1NC(=O)c1ccccc1. The zero-order valence-electron chi connectivity index (χ0n) is 15.0. The summed E-state index contributed by atoms with van der Waals surface area (Å²) in [5, 5.41) is 2.71. The first-order chi connectivity index (χ1) is 13.6. The third kappa shape index (κ3) is 4.27. The summed E-state index contributed by atoms with van der Waals surface area (Å²) >= 11 is 0. The first-order valence-corrected chi connectivity index (χ1v) is 8.37. The molecule has 0 aliphatic carbocycles. The first-order valence-electron chi connectivity index (χ1n) is 8.37. The minimum absolute atomic E-state index is 0.0269. The maximum atomic E-state index is 12.5. The first kappa shape index (κ1) is 18.9. The molecule has 1 N–H and O–H groups in total. The molecule has 3 aromatic rings. The lowest BCUT2D eigenvalue weighted by atomic mass is 10.1. The van der Waals surface area contributed by atoms with Gasteiger partial charge in [0.2, 0.25) is 5.76 Å². The van der Waals surface area contributed by atoms with Crippen molar-refractivity contribution in [2.75, 3.05) is 12.4 Å². The van der Waals surface area contributed by atoms with Crippen molar-refractivity contribution in [3.63, 3.8) is 0 Å². The van der Waals surface area contributed by atoms with Gasteiger partial charge >= 0.3 is 11.9 Å². The fourth-order valence-corrected chi connectivity index (χ4v) is 2.50. The minimum Gasteiger partial charge on any atom is -0.463 e. The van der Waals surface area contributed by atoms with Crippen LogP contribution in [0.4, 0.5) is 5.69 Å². The van der Waals surface area contributed by atoms with Gasteiger partial charge in [0.1, 0.15) is 6.61 Å². The molecule has 0 saturated heterocycles. The highest BCUT2D eigenvalue weighted by Crippen LogP contribution is 2.19. The maximum absolute atomic E-state index is 12.5. The number of anilines is 1. The molecule has 0 atom stereocenters. The lowest BCUT2D eigenvalue weighted by Gasteiger charge is -2.11. The summed E-state index contributed by atoms with van der Waals surface area (Å²) in [5.41, 5.74) is 1.36. The highest BCUT2D eigenvalue weighted by Gasteiger charge is 2.19. The zero-order valence-corrected chi connectivity index (χ0v) is 15.0. The molecule has 0 spiro atoms. The Morgan fingerprint density at radius 1 is 0.929 bits per heavy atom. The predicted octanol–water partition coefficient (Wildman–Crippen LogP) is 3.68. The molecule has 0 fully saturated rings. The average molecular weight is 379 g/mol. The molecule has 0 saturated carbocycles. The number of nitrogens with one attached hydrogen (secondary N) is 1. The number of benzene rings is 2. The van der Waals surface area contributed by atoms with Crippen LogP contribution in [0.1, 0.15) is 36.8 Å². The van der Waals surface area contributed by atoms with Gasteiger partial charge in [0.05, 0.1) is 24.6 Å². The zero-order chi connectivity index (χ0) is 19.9. The van der Waals surface area contributed by atoms with E-state index >= 15 is 0 Å². The third-order valence-electron chi connectivity index (χ3n) is 3.91. The molecule has 7 nitrogen and oxygen atoms in total. The second-order valence-corrected chi connectivity index (χ2v) is 5.71. The number of esters is 2. The maximum Gasteiger partial charge on any atom is 0.374 e. The van der Waals surface area contributed by atoms with E-state index in [0.29, 0.717) is 16.8 Å². The Kier molecular flexibility index (Phi) is 5.86. The summed E-state index contributed by atoms with van der Waals surface area (Å²) in [5.74, 6) is -1.68. The van der Waals surface area contributed by atoms with Crippen molar-refractivity contribution in [3.05, 3.63) is 89.4 Å². The number of para-hydroxylation sites is 1. The number of amides is 1. The molecule has 142 valence electrons. The van der Waals surface area contributed by atoms with Crippen molar-refractivity contribution in [2.24, 2.45) is 0 Å². The van der Waals surface area contributed by atoms with E-state index in [0.717, 1.165) is 0 Å². The Morgan fingerprint density at radius 2 is 1.64 bits per heavy atom. The van der Waals surface area contributed by atoms with Crippen molar-refractivity contribution in [1.82, 2.24) is 0 Å². The van der Waals surface area contributed by atoms with Gasteiger partial charge in [0.15, 0.2) is 0 Å². The highest BCUT2D eigenvalue weighted by atomic mass is 16.5. The number of hydrogen-bond acceptors (Lipinski definition) is 6. The van der Waals surface area contributed by atoms with E-state index in [2.05, 4.69) is 10.1 Å². The van der Waals surface area contributed by atoms with Crippen LogP contribution < -0.4 is 5.32 Å². The second-order valence-electron chi connectivity index (χ2n) is 5.71. The van der Waals surface area contributed by atoms with E-state index < -0.39 is 11.9 Å². The number of rotatable bonds is 6. The molecule has 0 unspecified atom stereocenters. The lowest BCUT2D eigenvalue weighted by molar-refractivity contribution is 0.0454. The minimum atomic E-state index is -0.661. The van der Waals surface area contributed by atoms with Gasteiger partial charge in [-0.05, 0) is 30.3 Å². The van der Waals surface area contributed by atoms with Gasteiger partial charge in [0, 0.05) is 11.1 Å². The molecule has 0 radical (unpaired) electrons. The number of ether oxygens (including phenoxy) is 2. The second kappa shape index (κ2) is 8.68. The number of carbonyl (C=O) groups is 3. The standard InChI is InChI=1S/C21H17NO6/c1-26-21(25)18-15(11-12-27-18)13-28-20(24)16-9-5-6-10-17(16)22-19(23)14-7-3-2-4-8-14/h2-12H,13H2,1H3,(H,22,23). The number of hydrogen-bond donors (Lipinski definition) is 1. The van der Waals surface area contributed by atoms with Crippen LogP contribution in [0.25, 0.3) is 0 Å². The molecule has 28 heavy (non-hydrogen) atoms. The average Bonchev–Trinajstić information content (AvgIpc) is 3.21. The molecule has 0 bridgehead atoms. The Hall–Kier alpha value is -3.87. The van der Waals surface area contributed by atoms with E-state index in [1.54, 1.807) is 54.6 Å². The summed E-state index contributed by atoms with van der Waals surface area (Å²) in [6, 6.07) is 16.7. The number of methoxy groups -OCH3 is 1. The van der Waals surface area contributed by atoms with Crippen LogP contribution >= 0.6 is 0 Å². The summed E-state index contributed by atoms with van der Waals surface area (Å²) in [4.78, 5) is 36.5. The van der Waals surface area contributed by atoms with Gasteiger partial charge in [-0.3, -0.25) is 4.79 Å². The molecule has 0 aliphatic rings. The van der Waals surface area contributed by atoms with Crippen molar-refractivity contribution in [3.8, 4) is 0 Å². The van der Waals surface area contributed by atoms with Crippen LogP contribution in [-0.2, 0) is 16.1 Å². The van der Waals surface area contributed by atoms with Crippen LogP contribution in [0, 0.1) is 0 Å². The van der Waals surface area contributed by atoms with Crippen LogP contribution in [0.2, 0.25) is 0 Å². The summed E-state index contributed by atoms with van der Waals surface area (Å²) in [7, 11) is 1.23.